The van der Waals surface area contributed by atoms with E-state index in [1.807, 2.05) is 17.5 Å². The average molecular weight is 291 g/mol. The molecule has 0 amide bonds. The molecule has 2 heterocycles. The molecule has 0 radical (unpaired) electrons. The van der Waals surface area contributed by atoms with E-state index in [4.69, 9.17) is 4.74 Å². The molecule has 1 fully saturated rings. The van der Waals surface area contributed by atoms with Gasteiger partial charge in [-0.25, -0.2) is 9.78 Å². The van der Waals surface area contributed by atoms with Crippen LogP contribution in [0.4, 0.5) is 0 Å². The zero-order chi connectivity index (χ0) is 13.9. The van der Waals surface area contributed by atoms with Crippen molar-refractivity contribution in [1.82, 2.24) is 14.9 Å². The number of nitrogens with zero attached hydrogens (tertiary/aromatic N) is 2. The molecule has 2 aromatic heterocycles. The smallest absolute Gasteiger partial charge is 0.329 e. The number of thiophene rings is 1. The van der Waals surface area contributed by atoms with E-state index in [1.165, 1.54) is 12.0 Å². The third kappa shape index (κ3) is 2.76. The van der Waals surface area contributed by atoms with Crippen molar-refractivity contribution in [3.8, 4) is 0 Å². The number of hydrogen-bond acceptors (Lipinski definition) is 5. The van der Waals surface area contributed by atoms with Gasteiger partial charge in [-0.15, -0.1) is 11.3 Å². The van der Waals surface area contributed by atoms with Crippen molar-refractivity contribution in [2.24, 2.45) is 0 Å². The highest BCUT2D eigenvalue weighted by molar-refractivity contribution is 7.09. The van der Waals surface area contributed by atoms with E-state index >= 15 is 0 Å². The van der Waals surface area contributed by atoms with Crippen LogP contribution in [0.1, 0.15) is 35.5 Å². The lowest BCUT2D eigenvalue weighted by molar-refractivity contribution is -0.143. The summed E-state index contributed by atoms with van der Waals surface area (Å²) in [6.07, 6.45) is 5.86. The zero-order valence-electron chi connectivity index (χ0n) is 11.3. The van der Waals surface area contributed by atoms with Crippen LogP contribution >= 0.6 is 11.3 Å². The Morgan fingerprint density at radius 3 is 3.15 bits per heavy atom. The van der Waals surface area contributed by atoms with Gasteiger partial charge in [-0.3, -0.25) is 5.32 Å². The van der Waals surface area contributed by atoms with Crippen LogP contribution in [-0.2, 0) is 16.1 Å². The summed E-state index contributed by atoms with van der Waals surface area (Å²) in [6, 6.07) is 4.07. The minimum Gasteiger partial charge on any atom is -0.468 e. The molecule has 1 aliphatic rings. The van der Waals surface area contributed by atoms with Crippen LogP contribution in [0.15, 0.2) is 30.0 Å². The first-order valence-electron chi connectivity index (χ1n) is 6.65. The first-order valence-corrected chi connectivity index (χ1v) is 7.53. The van der Waals surface area contributed by atoms with Crippen LogP contribution in [0, 0.1) is 0 Å². The summed E-state index contributed by atoms with van der Waals surface area (Å²) >= 11 is 1.67. The molecule has 0 aliphatic heterocycles. The number of aromatic nitrogens is 2. The molecule has 0 saturated heterocycles. The van der Waals surface area contributed by atoms with Crippen LogP contribution in [-0.4, -0.2) is 22.6 Å². The van der Waals surface area contributed by atoms with Gasteiger partial charge in [-0.1, -0.05) is 6.07 Å². The van der Waals surface area contributed by atoms with E-state index in [9.17, 15) is 4.79 Å². The fourth-order valence-corrected chi connectivity index (χ4v) is 2.89. The van der Waals surface area contributed by atoms with Crippen molar-refractivity contribution >= 4 is 17.3 Å². The number of carbonyl (C=O) groups is 1. The SMILES string of the molecule is COC(=O)C(NCc1cccs1)c1cncn1C1CC1. The van der Waals surface area contributed by atoms with Crippen LogP contribution in [0.5, 0.6) is 0 Å². The summed E-state index contributed by atoms with van der Waals surface area (Å²) in [7, 11) is 1.42. The highest BCUT2D eigenvalue weighted by Crippen LogP contribution is 2.37. The van der Waals surface area contributed by atoms with Crippen molar-refractivity contribution in [1.29, 1.82) is 0 Å². The van der Waals surface area contributed by atoms with Crippen molar-refractivity contribution < 1.29 is 9.53 Å². The number of imidazole rings is 1. The number of esters is 1. The van der Waals surface area contributed by atoms with E-state index in [2.05, 4.69) is 14.9 Å². The van der Waals surface area contributed by atoms with E-state index in [0.717, 1.165) is 18.5 Å². The lowest BCUT2D eigenvalue weighted by Gasteiger charge is -2.17. The van der Waals surface area contributed by atoms with E-state index in [1.54, 1.807) is 23.9 Å². The minimum absolute atomic E-state index is 0.274. The molecular weight excluding hydrogens is 274 g/mol. The fourth-order valence-electron chi connectivity index (χ4n) is 2.24. The van der Waals surface area contributed by atoms with Gasteiger partial charge in [-0.05, 0) is 24.3 Å². The van der Waals surface area contributed by atoms with E-state index in [-0.39, 0.29) is 5.97 Å². The summed E-state index contributed by atoms with van der Waals surface area (Å²) in [5, 5.41) is 5.30. The number of nitrogens with one attached hydrogen (secondary N) is 1. The number of methoxy groups -OCH3 is 1. The zero-order valence-corrected chi connectivity index (χ0v) is 12.1. The molecule has 0 spiro atoms. The molecule has 1 saturated carbocycles. The molecular formula is C14H17N3O2S. The first kappa shape index (κ1) is 13.3. The third-order valence-corrected chi connectivity index (χ3v) is 4.31. The highest BCUT2D eigenvalue weighted by Gasteiger charge is 2.31. The predicted octanol–water partition coefficient (Wildman–Crippen LogP) is 2.28. The summed E-state index contributed by atoms with van der Waals surface area (Å²) in [5.74, 6) is -0.274. The quantitative estimate of drug-likeness (QED) is 0.830. The summed E-state index contributed by atoms with van der Waals surface area (Å²) in [4.78, 5) is 17.4. The molecule has 3 rings (SSSR count). The van der Waals surface area contributed by atoms with Gasteiger partial charge in [-0.2, -0.15) is 0 Å². The second-order valence-corrected chi connectivity index (χ2v) is 5.91. The molecule has 5 nitrogen and oxygen atoms in total. The highest BCUT2D eigenvalue weighted by atomic mass is 32.1. The van der Waals surface area contributed by atoms with Crippen LogP contribution in [0.25, 0.3) is 0 Å². The van der Waals surface area contributed by atoms with Gasteiger partial charge in [0.2, 0.25) is 0 Å². The maximum atomic E-state index is 12.0. The Bertz CT molecular complexity index is 575. The molecule has 0 bridgehead atoms. The molecule has 20 heavy (non-hydrogen) atoms. The third-order valence-electron chi connectivity index (χ3n) is 3.43. The second-order valence-electron chi connectivity index (χ2n) is 4.87. The van der Waals surface area contributed by atoms with Gasteiger partial charge in [0.05, 0.1) is 25.3 Å². The molecule has 2 aromatic rings. The van der Waals surface area contributed by atoms with Gasteiger partial charge in [0.25, 0.3) is 0 Å². The average Bonchev–Trinajstić information content (AvgIpc) is 2.99. The fraction of sp³-hybridized carbons (Fsp3) is 0.429. The summed E-state index contributed by atoms with van der Waals surface area (Å²) in [6.45, 7) is 0.646. The molecule has 6 heteroatoms. The largest absolute Gasteiger partial charge is 0.468 e. The van der Waals surface area contributed by atoms with Crippen LogP contribution in [0.3, 0.4) is 0 Å². The van der Waals surface area contributed by atoms with Crippen molar-refractivity contribution in [3.05, 3.63) is 40.6 Å². The lowest BCUT2D eigenvalue weighted by Crippen LogP contribution is -2.30. The molecule has 1 atom stereocenters. The Balaban J connectivity index is 1.78. The van der Waals surface area contributed by atoms with Crippen molar-refractivity contribution in [3.63, 3.8) is 0 Å². The number of ether oxygens (including phenoxy) is 1. The first-order chi connectivity index (χ1) is 9.79. The van der Waals surface area contributed by atoms with Crippen LogP contribution < -0.4 is 5.32 Å². The lowest BCUT2D eigenvalue weighted by atomic mass is 10.2. The molecule has 1 unspecified atom stereocenters. The van der Waals surface area contributed by atoms with E-state index in [0.29, 0.717) is 12.6 Å². The van der Waals surface area contributed by atoms with E-state index < -0.39 is 6.04 Å². The normalized spacial score (nSPS) is 16.1. The number of hydrogen-bond donors (Lipinski definition) is 1. The molecule has 106 valence electrons. The number of carbonyl (C=O) groups excluding carboxylic acids is 1. The maximum Gasteiger partial charge on any atom is 0.329 e. The van der Waals surface area contributed by atoms with Crippen molar-refractivity contribution in [2.45, 2.75) is 31.5 Å². The topological polar surface area (TPSA) is 56.1 Å². The Hall–Kier alpha value is -1.66. The Morgan fingerprint density at radius 2 is 2.50 bits per heavy atom. The Morgan fingerprint density at radius 1 is 1.65 bits per heavy atom. The van der Waals surface area contributed by atoms with Gasteiger partial charge in [0.15, 0.2) is 0 Å². The Labute approximate surface area is 121 Å². The molecule has 1 N–H and O–H groups in total. The monoisotopic (exact) mass is 291 g/mol. The van der Waals surface area contributed by atoms with Gasteiger partial charge >= 0.3 is 5.97 Å². The van der Waals surface area contributed by atoms with Gasteiger partial charge in [0, 0.05) is 17.5 Å². The Kier molecular flexibility index (Phi) is 3.84. The van der Waals surface area contributed by atoms with Crippen LogP contribution in [0.2, 0.25) is 0 Å². The minimum atomic E-state index is -0.467. The second kappa shape index (κ2) is 5.76. The summed E-state index contributed by atoms with van der Waals surface area (Å²) < 4.78 is 7.01. The maximum absolute atomic E-state index is 12.0. The van der Waals surface area contributed by atoms with Gasteiger partial charge < -0.3 is 9.30 Å². The predicted molar refractivity (Wildman–Crippen MR) is 76.4 cm³/mol. The van der Waals surface area contributed by atoms with Gasteiger partial charge in [0.1, 0.15) is 6.04 Å². The number of rotatable bonds is 6. The molecule has 0 aromatic carbocycles. The standard InChI is InChI=1S/C14H17N3O2S/c1-19-14(18)13(16-7-11-3-2-6-20-11)12-8-15-9-17(12)10-4-5-10/h2-3,6,8-10,13,16H,4-5,7H2,1H3. The van der Waals surface area contributed by atoms with Crippen molar-refractivity contribution in [2.75, 3.05) is 7.11 Å². The molecule has 1 aliphatic carbocycles. The summed E-state index contributed by atoms with van der Waals surface area (Å²) in [5.41, 5.74) is 0.885.